The second kappa shape index (κ2) is 7.33. The first kappa shape index (κ1) is 17.8. The summed E-state index contributed by atoms with van der Waals surface area (Å²) in [4.78, 5) is 12.2. The van der Waals surface area contributed by atoms with Crippen molar-refractivity contribution < 1.29 is 27.1 Å². The van der Waals surface area contributed by atoms with Crippen molar-refractivity contribution in [2.75, 3.05) is 32.7 Å². The van der Waals surface area contributed by atoms with Crippen LogP contribution in [0.3, 0.4) is 0 Å². The van der Waals surface area contributed by atoms with E-state index in [4.69, 9.17) is 5.11 Å². The molecule has 128 valence electrons. The predicted octanol–water partition coefficient (Wildman–Crippen LogP) is 1.14. The molecule has 23 heavy (non-hydrogen) atoms. The van der Waals surface area contributed by atoms with Gasteiger partial charge < -0.3 is 10.0 Å². The summed E-state index contributed by atoms with van der Waals surface area (Å²) in [6.07, 6.45) is 0.582. The van der Waals surface area contributed by atoms with Crippen molar-refractivity contribution >= 4 is 16.0 Å². The number of benzene rings is 1. The first-order valence-corrected chi connectivity index (χ1v) is 8.64. The fourth-order valence-electron chi connectivity index (χ4n) is 2.43. The summed E-state index contributed by atoms with van der Waals surface area (Å²) in [7, 11) is -3.85. The molecule has 9 heteroatoms. The lowest BCUT2D eigenvalue weighted by Gasteiger charge is -2.33. The van der Waals surface area contributed by atoms with Crippen molar-refractivity contribution in [3.8, 4) is 0 Å². The molecule has 0 saturated carbocycles. The van der Waals surface area contributed by atoms with E-state index < -0.39 is 27.6 Å². The van der Waals surface area contributed by atoms with Crippen LogP contribution in [0.25, 0.3) is 0 Å². The van der Waals surface area contributed by atoms with Gasteiger partial charge in [-0.15, -0.1) is 0 Å². The van der Waals surface area contributed by atoms with Crippen LogP contribution < -0.4 is 0 Å². The largest absolute Gasteiger partial charge is 0.481 e. The van der Waals surface area contributed by atoms with Crippen molar-refractivity contribution in [3.63, 3.8) is 0 Å². The molecule has 6 nitrogen and oxygen atoms in total. The topological polar surface area (TPSA) is 77.9 Å². The molecule has 2 rings (SSSR count). The number of carbonyl (C=O) groups is 1. The summed E-state index contributed by atoms with van der Waals surface area (Å²) in [6.45, 7) is 2.00. The van der Waals surface area contributed by atoms with E-state index in [1.165, 1.54) is 4.31 Å². The van der Waals surface area contributed by atoms with Crippen molar-refractivity contribution in [3.05, 3.63) is 29.8 Å². The molecule has 0 bridgehead atoms. The van der Waals surface area contributed by atoms with Crippen LogP contribution in [0.1, 0.15) is 12.8 Å². The summed E-state index contributed by atoms with van der Waals surface area (Å²) >= 11 is 0. The van der Waals surface area contributed by atoms with Crippen molar-refractivity contribution in [2.45, 2.75) is 17.7 Å². The Balaban J connectivity index is 1.95. The van der Waals surface area contributed by atoms with Gasteiger partial charge in [-0.2, -0.15) is 4.31 Å². The van der Waals surface area contributed by atoms with Crippen molar-refractivity contribution in [1.29, 1.82) is 0 Å². The lowest BCUT2D eigenvalue weighted by molar-refractivity contribution is -0.137. The van der Waals surface area contributed by atoms with Gasteiger partial charge in [-0.3, -0.25) is 4.79 Å². The lowest BCUT2D eigenvalue weighted by atomic mass is 10.2. The van der Waals surface area contributed by atoms with E-state index in [0.29, 0.717) is 32.1 Å². The molecular weight excluding hydrogens is 330 g/mol. The van der Waals surface area contributed by atoms with Crippen LogP contribution in [0.4, 0.5) is 8.78 Å². The van der Waals surface area contributed by atoms with Gasteiger partial charge in [-0.05, 0) is 31.2 Å². The second-order valence-corrected chi connectivity index (χ2v) is 7.26. The van der Waals surface area contributed by atoms with E-state index >= 15 is 0 Å². The average molecular weight is 348 g/mol. The van der Waals surface area contributed by atoms with Gasteiger partial charge >= 0.3 is 5.97 Å². The minimum Gasteiger partial charge on any atom is -0.481 e. The molecule has 1 fully saturated rings. The molecule has 0 radical (unpaired) electrons. The molecule has 1 aliphatic heterocycles. The van der Waals surface area contributed by atoms with Gasteiger partial charge in [-0.25, -0.2) is 17.2 Å². The van der Waals surface area contributed by atoms with E-state index in [2.05, 4.69) is 0 Å². The highest BCUT2D eigenvalue weighted by Gasteiger charge is 2.29. The summed E-state index contributed by atoms with van der Waals surface area (Å²) in [5.74, 6) is -3.14. The smallest absolute Gasteiger partial charge is 0.303 e. The maximum atomic E-state index is 13.2. The molecule has 0 aromatic heterocycles. The molecule has 0 atom stereocenters. The number of halogens is 2. The summed E-state index contributed by atoms with van der Waals surface area (Å²) in [6, 6.07) is 2.53. The summed E-state index contributed by atoms with van der Waals surface area (Å²) in [5.41, 5.74) is 0. The fourth-order valence-corrected chi connectivity index (χ4v) is 3.87. The van der Waals surface area contributed by atoms with Gasteiger partial charge in [0.1, 0.15) is 0 Å². The zero-order chi connectivity index (χ0) is 17.0. The Morgan fingerprint density at radius 3 is 2.35 bits per heavy atom. The fraction of sp³-hybridized carbons (Fsp3) is 0.500. The SMILES string of the molecule is O=C(O)CCCN1CCN(S(=O)(=O)c2ccc(F)c(F)c2)CC1. The monoisotopic (exact) mass is 348 g/mol. The number of piperazine rings is 1. The molecule has 0 amide bonds. The Morgan fingerprint density at radius 1 is 1.13 bits per heavy atom. The lowest BCUT2D eigenvalue weighted by Crippen LogP contribution is -2.48. The first-order chi connectivity index (χ1) is 10.8. The molecular formula is C14H18F2N2O4S. The Labute approximate surface area is 133 Å². The van der Waals surface area contributed by atoms with Gasteiger partial charge in [0.25, 0.3) is 0 Å². The van der Waals surface area contributed by atoms with Crippen molar-refractivity contribution in [1.82, 2.24) is 9.21 Å². The summed E-state index contributed by atoms with van der Waals surface area (Å²) in [5, 5.41) is 8.60. The standard InChI is InChI=1S/C14H18F2N2O4S/c15-12-4-3-11(10-13(12)16)23(21,22)18-8-6-17(7-9-18)5-1-2-14(19)20/h3-4,10H,1-2,5-9H2,(H,19,20). The number of carboxylic acid groups (broad SMARTS) is 1. The van der Waals surface area contributed by atoms with Crippen LogP contribution in [-0.2, 0) is 14.8 Å². The Bertz CT molecular complexity index is 673. The van der Waals surface area contributed by atoms with Crippen LogP contribution in [-0.4, -0.2) is 61.4 Å². The second-order valence-electron chi connectivity index (χ2n) is 5.32. The Morgan fingerprint density at radius 2 is 1.78 bits per heavy atom. The highest BCUT2D eigenvalue weighted by atomic mass is 32.2. The van der Waals surface area contributed by atoms with E-state index in [-0.39, 0.29) is 24.4 Å². The minimum atomic E-state index is -3.85. The Kier molecular flexibility index (Phi) is 5.66. The highest BCUT2D eigenvalue weighted by molar-refractivity contribution is 7.89. The zero-order valence-electron chi connectivity index (χ0n) is 12.4. The number of rotatable bonds is 6. The van der Waals surface area contributed by atoms with E-state index in [1.54, 1.807) is 0 Å². The molecule has 1 aromatic carbocycles. The van der Waals surface area contributed by atoms with Gasteiger partial charge in [0, 0.05) is 32.6 Å². The van der Waals surface area contributed by atoms with E-state index in [1.807, 2.05) is 4.90 Å². The Hall–Kier alpha value is -1.58. The van der Waals surface area contributed by atoms with Crippen LogP contribution in [0, 0.1) is 11.6 Å². The highest BCUT2D eigenvalue weighted by Crippen LogP contribution is 2.20. The maximum absolute atomic E-state index is 13.2. The van der Waals surface area contributed by atoms with Gasteiger partial charge in [0.05, 0.1) is 4.90 Å². The van der Waals surface area contributed by atoms with E-state index in [9.17, 15) is 22.0 Å². The number of carboxylic acids is 1. The van der Waals surface area contributed by atoms with Crippen LogP contribution in [0.2, 0.25) is 0 Å². The predicted molar refractivity (Wildman–Crippen MR) is 78.4 cm³/mol. The minimum absolute atomic E-state index is 0.0768. The van der Waals surface area contributed by atoms with Crippen LogP contribution >= 0.6 is 0 Å². The number of hydrogen-bond donors (Lipinski definition) is 1. The normalized spacial score (nSPS) is 17.3. The number of sulfonamides is 1. The average Bonchev–Trinajstić information content (AvgIpc) is 2.50. The van der Waals surface area contributed by atoms with Crippen LogP contribution in [0.15, 0.2) is 23.1 Å². The van der Waals surface area contributed by atoms with Crippen molar-refractivity contribution in [2.24, 2.45) is 0 Å². The third-order valence-electron chi connectivity index (χ3n) is 3.73. The number of hydrogen-bond acceptors (Lipinski definition) is 4. The third kappa shape index (κ3) is 4.46. The van der Waals surface area contributed by atoms with Gasteiger partial charge in [0.15, 0.2) is 11.6 Å². The zero-order valence-corrected chi connectivity index (χ0v) is 13.2. The number of aliphatic carboxylic acids is 1. The molecule has 1 heterocycles. The molecule has 0 spiro atoms. The molecule has 0 unspecified atom stereocenters. The summed E-state index contributed by atoms with van der Waals surface area (Å²) < 4.78 is 52.2. The molecule has 1 aliphatic rings. The van der Waals surface area contributed by atoms with Crippen LogP contribution in [0.5, 0.6) is 0 Å². The molecule has 1 aromatic rings. The number of nitrogens with zero attached hydrogens (tertiary/aromatic N) is 2. The van der Waals surface area contributed by atoms with Gasteiger partial charge in [0.2, 0.25) is 10.0 Å². The third-order valence-corrected chi connectivity index (χ3v) is 5.62. The quantitative estimate of drug-likeness (QED) is 0.834. The van der Waals surface area contributed by atoms with Gasteiger partial charge in [-0.1, -0.05) is 0 Å². The first-order valence-electron chi connectivity index (χ1n) is 7.20. The molecule has 1 N–H and O–H groups in total. The molecule has 1 saturated heterocycles. The van der Waals surface area contributed by atoms with E-state index in [0.717, 1.165) is 12.1 Å². The maximum Gasteiger partial charge on any atom is 0.303 e. The molecule has 0 aliphatic carbocycles.